The lowest BCUT2D eigenvalue weighted by atomic mass is 10.1. The zero-order chi connectivity index (χ0) is 9.84. The van der Waals surface area contributed by atoms with Crippen LogP contribution in [-0.2, 0) is 4.79 Å². The van der Waals surface area contributed by atoms with Gasteiger partial charge in [0.1, 0.15) is 5.70 Å². The van der Waals surface area contributed by atoms with Gasteiger partial charge in [-0.05, 0) is 12.5 Å². The van der Waals surface area contributed by atoms with Crippen LogP contribution in [0.3, 0.4) is 0 Å². The van der Waals surface area contributed by atoms with Crippen molar-refractivity contribution >= 4 is 5.78 Å². The van der Waals surface area contributed by atoms with Crippen LogP contribution in [0.5, 0.6) is 0 Å². The minimum atomic E-state index is -0.482. The van der Waals surface area contributed by atoms with E-state index in [-0.39, 0.29) is 18.0 Å². The maximum Gasteiger partial charge on any atom is 0.244 e. The number of aliphatic hydroxyl groups excluding tert-OH is 1. The first-order valence-corrected chi connectivity index (χ1v) is 3.76. The lowest BCUT2D eigenvalue weighted by molar-refractivity contribution is -0.116. The van der Waals surface area contributed by atoms with E-state index >= 15 is 0 Å². The molecule has 3 N–H and O–H groups in total. The average molecular weight is 178 g/mol. The predicted octanol–water partition coefficient (Wildman–Crippen LogP) is 0.0939. The lowest BCUT2D eigenvalue weighted by Gasteiger charge is -2.19. The number of carbonyl (C=O) groups is 1. The number of ketones is 1. The molecule has 0 bridgehead atoms. The third kappa shape index (κ3) is 1.89. The monoisotopic (exact) mass is 178 g/mol. The number of nitrogens with two attached hydrogens (primary N) is 1. The Bertz CT molecular complexity index is 323. The summed E-state index contributed by atoms with van der Waals surface area (Å²) in [7, 11) is 0. The zero-order valence-electron chi connectivity index (χ0n) is 7.03. The highest BCUT2D eigenvalue weighted by Gasteiger charge is 2.20. The summed E-state index contributed by atoms with van der Waals surface area (Å²) < 4.78 is 0. The second kappa shape index (κ2) is 3.78. The number of hydrogen-bond donors (Lipinski definition) is 2. The van der Waals surface area contributed by atoms with Gasteiger partial charge in [-0.3, -0.25) is 9.80 Å². The molecule has 0 spiro atoms. The Morgan fingerprint density at radius 2 is 2.38 bits per heavy atom. The molecular formula is C9H10N2O2. The lowest BCUT2D eigenvalue weighted by Crippen LogP contribution is -2.35. The normalized spacial score (nSPS) is 15.8. The molecule has 0 aromatic carbocycles. The highest BCUT2D eigenvalue weighted by molar-refractivity contribution is 6.06. The van der Waals surface area contributed by atoms with E-state index < -0.39 is 5.78 Å². The van der Waals surface area contributed by atoms with E-state index in [0.717, 1.165) is 5.01 Å². The molecule has 0 aliphatic heterocycles. The first-order chi connectivity index (χ1) is 6.16. The summed E-state index contributed by atoms with van der Waals surface area (Å²) in [6.07, 6.45) is 8.57. The predicted molar refractivity (Wildman–Crippen MR) is 48.1 cm³/mol. The van der Waals surface area contributed by atoms with E-state index in [1.807, 2.05) is 0 Å². The van der Waals surface area contributed by atoms with Crippen LogP contribution in [0.25, 0.3) is 0 Å². The van der Waals surface area contributed by atoms with Crippen LogP contribution in [0.15, 0.2) is 23.6 Å². The molecule has 4 heteroatoms. The van der Waals surface area contributed by atoms with Crippen molar-refractivity contribution in [2.75, 3.05) is 6.54 Å². The summed E-state index contributed by atoms with van der Waals surface area (Å²) >= 11 is 0. The van der Waals surface area contributed by atoms with Gasteiger partial charge in [0.15, 0.2) is 5.76 Å². The van der Waals surface area contributed by atoms with Crippen LogP contribution in [0.1, 0.15) is 6.42 Å². The topological polar surface area (TPSA) is 66.6 Å². The number of terminal acetylenes is 1. The van der Waals surface area contributed by atoms with E-state index in [4.69, 9.17) is 17.4 Å². The van der Waals surface area contributed by atoms with Crippen molar-refractivity contribution in [3.63, 3.8) is 0 Å². The Kier molecular flexibility index (Phi) is 2.72. The number of nitrogens with zero attached hydrogens (tertiary/aromatic N) is 1. The Labute approximate surface area is 76.3 Å². The van der Waals surface area contributed by atoms with Crippen molar-refractivity contribution < 1.29 is 9.90 Å². The molecule has 0 fully saturated rings. The van der Waals surface area contributed by atoms with Gasteiger partial charge in [-0.15, -0.1) is 6.42 Å². The van der Waals surface area contributed by atoms with Crippen LogP contribution < -0.4 is 5.84 Å². The Morgan fingerprint density at radius 3 is 3.00 bits per heavy atom. The molecular weight excluding hydrogens is 168 g/mol. The first-order valence-electron chi connectivity index (χ1n) is 3.76. The Balaban J connectivity index is 2.77. The molecule has 0 atom stereocenters. The largest absolute Gasteiger partial charge is 0.504 e. The first kappa shape index (κ1) is 9.36. The fourth-order valence-electron chi connectivity index (χ4n) is 1.03. The van der Waals surface area contributed by atoms with Crippen molar-refractivity contribution in [3.05, 3.63) is 23.6 Å². The van der Waals surface area contributed by atoms with E-state index in [1.165, 1.54) is 6.08 Å². The fourth-order valence-corrected chi connectivity index (χ4v) is 1.03. The summed E-state index contributed by atoms with van der Waals surface area (Å²) in [6, 6.07) is 0. The molecule has 1 rings (SSSR count). The molecule has 0 unspecified atom stereocenters. The van der Waals surface area contributed by atoms with Crippen molar-refractivity contribution in [3.8, 4) is 12.3 Å². The second-order valence-corrected chi connectivity index (χ2v) is 2.58. The van der Waals surface area contributed by atoms with E-state index in [9.17, 15) is 4.79 Å². The summed E-state index contributed by atoms with van der Waals surface area (Å²) in [4.78, 5) is 11.3. The number of rotatable bonds is 2. The number of aliphatic hydroxyl groups is 1. The van der Waals surface area contributed by atoms with Gasteiger partial charge in [0, 0.05) is 0 Å². The summed E-state index contributed by atoms with van der Waals surface area (Å²) in [5, 5.41) is 10.2. The molecule has 1 aliphatic rings. The molecule has 0 amide bonds. The Hall–Kier alpha value is -1.73. The van der Waals surface area contributed by atoms with Crippen molar-refractivity contribution in [2.45, 2.75) is 6.42 Å². The molecule has 0 heterocycles. The van der Waals surface area contributed by atoms with E-state index in [0.29, 0.717) is 6.42 Å². The van der Waals surface area contributed by atoms with Crippen LogP contribution in [0.2, 0.25) is 0 Å². The third-order valence-electron chi connectivity index (χ3n) is 1.66. The maximum atomic E-state index is 11.3. The van der Waals surface area contributed by atoms with Crippen LogP contribution in [-0.4, -0.2) is 22.4 Å². The fraction of sp³-hybridized carbons (Fsp3) is 0.222. The molecule has 0 saturated carbocycles. The smallest absolute Gasteiger partial charge is 0.244 e. The molecule has 4 nitrogen and oxygen atoms in total. The van der Waals surface area contributed by atoms with Crippen LogP contribution in [0.4, 0.5) is 0 Å². The van der Waals surface area contributed by atoms with Crippen LogP contribution in [0, 0.1) is 12.3 Å². The van der Waals surface area contributed by atoms with Gasteiger partial charge >= 0.3 is 0 Å². The second-order valence-electron chi connectivity index (χ2n) is 2.58. The summed E-state index contributed by atoms with van der Waals surface area (Å²) in [5.41, 5.74) is 0.248. The molecule has 1 aliphatic carbocycles. The Morgan fingerprint density at radius 1 is 1.69 bits per heavy atom. The third-order valence-corrected chi connectivity index (χ3v) is 1.66. The van der Waals surface area contributed by atoms with Gasteiger partial charge < -0.3 is 5.11 Å². The number of allylic oxidation sites excluding steroid dienone is 2. The number of Topliss-reactive ketones (excluding diaryl/α,β-unsaturated/α-hetero) is 1. The highest BCUT2D eigenvalue weighted by atomic mass is 16.3. The highest BCUT2D eigenvalue weighted by Crippen LogP contribution is 2.13. The minimum Gasteiger partial charge on any atom is -0.504 e. The molecule has 13 heavy (non-hydrogen) atoms. The van der Waals surface area contributed by atoms with Gasteiger partial charge in [0.2, 0.25) is 5.78 Å². The molecule has 0 saturated heterocycles. The van der Waals surface area contributed by atoms with Crippen LogP contribution >= 0.6 is 0 Å². The molecule has 0 aromatic rings. The summed E-state index contributed by atoms with van der Waals surface area (Å²) in [6.45, 7) is 0.144. The van der Waals surface area contributed by atoms with Crippen molar-refractivity contribution in [2.24, 2.45) is 5.84 Å². The average Bonchev–Trinajstić information content (AvgIpc) is 2.10. The van der Waals surface area contributed by atoms with Crippen molar-refractivity contribution in [1.82, 2.24) is 5.01 Å². The maximum absolute atomic E-state index is 11.3. The standard InChI is InChI=1S/C9H10N2O2/c1-2-6-11(10)7-4-3-5-8(12)9(7)13/h1,4-5,12H,3,6,10H2. The SMILES string of the molecule is C#CCN(N)C1=CCC=C(O)C1=O. The molecule has 68 valence electrons. The zero-order valence-corrected chi connectivity index (χ0v) is 7.03. The van der Waals surface area contributed by atoms with Gasteiger partial charge in [-0.1, -0.05) is 12.0 Å². The van der Waals surface area contributed by atoms with E-state index in [1.54, 1.807) is 6.08 Å². The number of hydrogen-bond acceptors (Lipinski definition) is 4. The summed E-state index contributed by atoms with van der Waals surface area (Å²) in [5.74, 6) is 7.03. The number of carbonyl (C=O) groups excluding carboxylic acids is 1. The van der Waals surface area contributed by atoms with Gasteiger partial charge in [-0.2, -0.15) is 0 Å². The number of hydrazine groups is 1. The molecule has 0 radical (unpaired) electrons. The van der Waals surface area contributed by atoms with Crippen molar-refractivity contribution in [1.29, 1.82) is 0 Å². The van der Waals surface area contributed by atoms with Gasteiger partial charge in [-0.25, -0.2) is 5.84 Å². The van der Waals surface area contributed by atoms with Gasteiger partial charge in [0.25, 0.3) is 0 Å². The molecule has 0 aromatic heterocycles. The van der Waals surface area contributed by atoms with E-state index in [2.05, 4.69) is 5.92 Å². The quantitative estimate of drug-likeness (QED) is 0.357. The van der Waals surface area contributed by atoms with Gasteiger partial charge in [0.05, 0.1) is 6.54 Å². The minimum absolute atomic E-state index is 0.144.